The summed E-state index contributed by atoms with van der Waals surface area (Å²) in [5, 5.41) is 9.78. The Morgan fingerprint density at radius 2 is 0.730 bits per heavy atom. The molecule has 0 amide bonds. The van der Waals surface area contributed by atoms with Crippen LogP contribution >= 0.6 is 7.82 Å². The Balaban J connectivity index is 4.90. The van der Waals surface area contributed by atoms with Crippen LogP contribution in [0.5, 0.6) is 0 Å². The Labute approximate surface area is 449 Å². The van der Waals surface area contributed by atoms with Crippen molar-refractivity contribution in [1.82, 2.24) is 0 Å². The highest BCUT2D eigenvalue weighted by Crippen LogP contribution is 2.43. The summed E-state index contributed by atoms with van der Waals surface area (Å²) in [6.45, 7) is 4.22. The van der Waals surface area contributed by atoms with E-state index in [1.807, 2.05) is 18.2 Å². The standard InChI is InChI=1S/C62H99O11P/c1-4-7-10-13-16-19-22-25-27-28-29-30-32-35-38-41-44-47-50-53-62(66)73-59(55-69-60(64)51-48-45-42-39-36-34-31-26-23-20-17-14-11-8-5-2)57-71-74(67,68)70-56-58(54-63)72-61(65)52-49-46-43-40-37-33-24-21-18-15-12-9-6-3/h7,9-10,12,16-21,25-27,29-31,33,35,37-38,43,46,58-59,63H,4-6,8,11,13-15,22-24,28,32,34,36,39-42,44-45,47-57H2,1-3H3,(H,67,68)/b10-7-,12-9-,19-16-,20-17-,21-18-,27-25-,30-29-,31-26-,37-33-,38-35-,46-43-. The van der Waals surface area contributed by atoms with Gasteiger partial charge in [-0.1, -0.05) is 193 Å². The third-order valence-corrected chi connectivity index (χ3v) is 12.0. The van der Waals surface area contributed by atoms with Crippen molar-refractivity contribution in [3.05, 3.63) is 134 Å². The lowest BCUT2D eigenvalue weighted by molar-refractivity contribution is -0.161. The maximum absolute atomic E-state index is 12.9. The molecule has 74 heavy (non-hydrogen) atoms. The minimum absolute atomic E-state index is 0.0453. The first-order valence-electron chi connectivity index (χ1n) is 28.1. The second-order valence-corrected chi connectivity index (χ2v) is 19.4. The number of rotatable bonds is 50. The Morgan fingerprint density at radius 3 is 1.18 bits per heavy atom. The molecule has 0 saturated heterocycles. The molecule has 0 heterocycles. The molecule has 0 bridgehead atoms. The van der Waals surface area contributed by atoms with E-state index in [1.165, 1.54) is 19.3 Å². The van der Waals surface area contributed by atoms with Gasteiger partial charge in [0.1, 0.15) is 12.7 Å². The highest BCUT2D eigenvalue weighted by atomic mass is 31.2. The lowest BCUT2D eigenvalue weighted by atomic mass is 10.1. The van der Waals surface area contributed by atoms with Crippen LogP contribution in [0, 0.1) is 0 Å². The molecule has 0 aromatic rings. The molecular formula is C62H99O11P. The van der Waals surface area contributed by atoms with E-state index >= 15 is 0 Å². The smallest absolute Gasteiger partial charge is 0.462 e. The average molecular weight is 1050 g/mol. The van der Waals surface area contributed by atoms with Crippen LogP contribution in [-0.4, -0.2) is 66.5 Å². The fourth-order valence-corrected chi connectivity index (χ4v) is 7.62. The molecule has 2 N–H and O–H groups in total. The van der Waals surface area contributed by atoms with Crippen LogP contribution in [0.3, 0.4) is 0 Å². The molecule has 0 rings (SSSR count). The maximum atomic E-state index is 12.9. The van der Waals surface area contributed by atoms with Gasteiger partial charge < -0.3 is 24.2 Å². The number of phosphoric ester groups is 1. The Bertz CT molecular complexity index is 1750. The summed E-state index contributed by atoms with van der Waals surface area (Å²) >= 11 is 0. The molecule has 11 nitrogen and oxygen atoms in total. The third kappa shape index (κ3) is 52.5. The summed E-state index contributed by atoms with van der Waals surface area (Å²) in [6.07, 6.45) is 68.6. The van der Waals surface area contributed by atoms with Crippen LogP contribution in [0.1, 0.15) is 201 Å². The second kappa shape index (κ2) is 54.9. The molecule has 0 aromatic carbocycles. The zero-order valence-electron chi connectivity index (χ0n) is 46.0. The van der Waals surface area contributed by atoms with E-state index < -0.39 is 57.8 Å². The first kappa shape index (κ1) is 69.6. The van der Waals surface area contributed by atoms with Crippen molar-refractivity contribution in [3.63, 3.8) is 0 Å². The number of carbonyl (C=O) groups is 3. The van der Waals surface area contributed by atoms with Crippen molar-refractivity contribution < 1.29 is 52.2 Å². The molecule has 0 fully saturated rings. The molecule has 0 spiro atoms. The van der Waals surface area contributed by atoms with Gasteiger partial charge in [-0.25, -0.2) is 4.57 Å². The molecule has 0 aromatic heterocycles. The van der Waals surface area contributed by atoms with Gasteiger partial charge in [0.05, 0.1) is 19.8 Å². The Morgan fingerprint density at radius 1 is 0.392 bits per heavy atom. The fraction of sp³-hybridized carbons (Fsp3) is 0.597. The summed E-state index contributed by atoms with van der Waals surface area (Å²) < 4.78 is 39.3. The Kier molecular flexibility index (Phi) is 51.6. The molecule has 418 valence electrons. The van der Waals surface area contributed by atoms with E-state index in [9.17, 15) is 28.9 Å². The largest absolute Gasteiger partial charge is 0.472 e. The van der Waals surface area contributed by atoms with E-state index in [1.54, 1.807) is 0 Å². The normalized spacial score (nSPS) is 14.4. The summed E-state index contributed by atoms with van der Waals surface area (Å²) in [5.41, 5.74) is 0. The van der Waals surface area contributed by atoms with Crippen molar-refractivity contribution in [2.45, 2.75) is 213 Å². The van der Waals surface area contributed by atoms with Crippen LogP contribution in [0.2, 0.25) is 0 Å². The van der Waals surface area contributed by atoms with Gasteiger partial charge in [0.2, 0.25) is 0 Å². The van der Waals surface area contributed by atoms with Gasteiger partial charge in [-0.05, 0) is 122 Å². The van der Waals surface area contributed by atoms with Crippen molar-refractivity contribution >= 4 is 25.7 Å². The van der Waals surface area contributed by atoms with Gasteiger partial charge in [0, 0.05) is 19.3 Å². The van der Waals surface area contributed by atoms with Crippen molar-refractivity contribution in [2.24, 2.45) is 0 Å². The van der Waals surface area contributed by atoms with E-state index in [0.717, 1.165) is 122 Å². The minimum atomic E-state index is -4.79. The molecule has 3 atom stereocenters. The molecular weight excluding hydrogens is 952 g/mol. The van der Waals surface area contributed by atoms with E-state index in [4.69, 9.17) is 23.3 Å². The minimum Gasteiger partial charge on any atom is -0.462 e. The lowest BCUT2D eigenvalue weighted by Gasteiger charge is -2.21. The van der Waals surface area contributed by atoms with Gasteiger partial charge in [-0.3, -0.25) is 23.4 Å². The molecule has 0 aliphatic carbocycles. The first-order chi connectivity index (χ1) is 36.2. The number of aliphatic hydroxyl groups excluding tert-OH is 1. The number of ether oxygens (including phenoxy) is 3. The van der Waals surface area contributed by atoms with Gasteiger partial charge in [-0.15, -0.1) is 0 Å². The number of aliphatic hydroxyl groups is 1. The maximum Gasteiger partial charge on any atom is 0.472 e. The third-order valence-electron chi connectivity index (χ3n) is 11.1. The second-order valence-electron chi connectivity index (χ2n) is 18.0. The highest BCUT2D eigenvalue weighted by Gasteiger charge is 2.28. The van der Waals surface area contributed by atoms with Crippen LogP contribution in [-0.2, 0) is 42.2 Å². The summed E-state index contributed by atoms with van der Waals surface area (Å²) in [6, 6.07) is 0. The zero-order valence-corrected chi connectivity index (χ0v) is 46.9. The zero-order chi connectivity index (χ0) is 54.1. The topological polar surface area (TPSA) is 155 Å². The number of esters is 3. The number of phosphoric acid groups is 1. The number of hydrogen-bond acceptors (Lipinski definition) is 10. The summed E-state index contributed by atoms with van der Waals surface area (Å²) in [7, 11) is -4.79. The molecule has 12 heteroatoms. The van der Waals surface area contributed by atoms with Crippen molar-refractivity contribution in [3.8, 4) is 0 Å². The average Bonchev–Trinajstić information content (AvgIpc) is 3.39. The van der Waals surface area contributed by atoms with Crippen LogP contribution in [0.25, 0.3) is 0 Å². The first-order valence-corrected chi connectivity index (χ1v) is 29.6. The van der Waals surface area contributed by atoms with E-state index in [-0.39, 0.29) is 25.9 Å². The van der Waals surface area contributed by atoms with Crippen molar-refractivity contribution in [1.29, 1.82) is 0 Å². The van der Waals surface area contributed by atoms with Gasteiger partial charge in [0.15, 0.2) is 6.10 Å². The van der Waals surface area contributed by atoms with Crippen LogP contribution < -0.4 is 0 Å². The number of carbonyl (C=O) groups excluding carboxylic acids is 3. The molecule has 0 saturated carbocycles. The highest BCUT2D eigenvalue weighted by molar-refractivity contribution is 7.47. The molecule has 0 aliphatic rings. The van der Waals surface area contributed by atoms with Crippen LogP contribution in [0.4, 0.5) is 0 Å². The summed E-state index contributed by atoms with van der Waals surface area (Å²) in [5.74, 6) is -1.62. The molecule has 3 unspecified atom stereocenters. The monoisotopic (exact) mass is 1050 g/mol. The van der Waals surface area contributed by atoms with Gasteiger partial charge >= 0.3 is 25.7 Å². The lowest BCUT2D eigenvalue weighted by Crippen LogP contribution is -2.30. The summed E-state index contributed by atoms with van der Waals surface area (Å²) in [4.78, 5) is 48.5. The predicted octanol–water partition coefficient (Wildman–Crippen LogP) is 16.6. The van der Waals surface area contributed by atoms with Gasteiger partial charge in [-0.2, -0.15) is 0 Å². The molecule has 0 radical (unpaired) electrons. The number of hydrogen-bond donors (Lipinski definition) is 2. The Hall–Kier alpha value is -4.38. The quantitative estimate of drug-likeness (QED) is 0.0197. The number of allylic oxidation sites excluding steroid dienone is 22. The van der Waals surface area contributed by atoms with Gasteiger partial charge in [0.25, 0.3) is 0 Å². The predicted molar refractivity (Wildman–Crippen MR) is 306 cm³/mol. The van der Waals surface area contributed by atoms with E-state index in [0.29, 0.717) is 19.3 Å². The van der Waals surface area contributed by atoms with E-state index in [2.05, 4.69) is 136 Å². The van der Waals surface area contributed by atoms with Crippen LogP contribution in [0.15, 0.2) is 134 Å². The number of unbranched alkanes of at least 4 members (excludes halogenated alkanes) is 11. The fourth-order valence-electron chi connectivity index (χ4n) is 6.84. The SMILES string of the molecule is CC/C=C\C/C=C\C/C=C\C/C=C\C/C=C\CCCCCC(=O)OC(COC(=O)CCCCCCC/C=C\C/C=C\CCCCC)COP(=O)(O)OCC(CO)OC(=O)CC/C=C\C/C=C\C/C=C\C/C=C\CC. The molecule has 0 aliphatic heterocycles. The van der Waals surface area contributed by atoms with Crippen molar-refractivity contribution in [2.75, 3.05) is 26.4 Å².